The van der Waals surface area contributed by atoms with Gasteiger partial charge < -0.3 is 14.2 Å². The van der Waals surface area contributed by atoms with Gasteiger partial charge in [-0.2, -0.15) is 0 Å². The lowest BCUT2D eigenvalue weighted by Crippen LogP contribution is -2.27. The van der Waals surface area contributed by atoms with Crippen molar-refractivity contribution in [3.63, 3.8) is 0 Å². The van der Waals surface area contributed by atoms with Gasteiger partial charge in [-0.15, -0.1) is 11.8 Å². The Hall–Kier alpha value is -2.44. The van der Waals surface area contributed by atoms with E-state index in [-0.39, 0.29) is 25.6 Å². The molecule has 0 heterocycles. The van der Waals surface area contributed by atoms with Crippen LogP contribution in [0.15, 0.2) is 66.1 Å². The number of carbonyl (C=O) groups excluding carboxylic acids is 2. The molecule has 2 aromatic rings. The first-order valence-corrected chi connectivity index (χ1v) is 11.8. The molecule has 1 unspecified atom stereocenters. The molecule has 0 bridgehead atoms. The second-order valence-electron chi connectivity index (χ2n) is 7.39. The molecule has 7 heteroatoms. The van der Waals surface area contributed by atoms with E-state index in [1.165, 1.54) is 5.56 Å². The highest BCUT2D eigenvalue weighted by Gasteiger charge is 2.17. The molecule has 0 aromatic heterocycles. The molecule has 2 aromatic carbocycles. The molecule has 5 nitrogen and oxygen atoms in total. The summed E-state index contributed by atoms with van der Waals surface area (Å²) in [6, 6.07) is 15.4. The fourth-order valence-corrected chi connectivity index (χ4v) is 3.66. The molecule has 1 atom stereocenters. The van der Waals surface area contributed by atoms with Gasteiger partial charge in [0.1, 0.15) is 18.5 Å². The molecule has 32 heavy (non-hydrogen) atoms. The second kappa shape index (κ2) is 13.9. The Morgan fingerprint density at radius 1 is 1.09 bits per heavy atom. The van der Waals surface area contributed by atoms with E-state index in [1.54, 1.807) is 11.8 Å². The Kier molecular flexibility index (Phi) is 11.2. The topological polar surface area (TPSA) is 61.8 Å². The highest BCUT2D eigenvalue weighted by molar-refractivity contribution is 7.99. The molecule has 172 valence electrons. The van der Waals surface area contributed by atoms with Crippen LogP contribution in [0.25, 0.3) is 0 Å². The quantitative estimate of drug-likeness (QED) is 0.152. The number of halogens is 1. The van der Waals surface area contributed by atoms with Crippen LogP contribution < -0.4 is 4.74 Å². The number of thioether (sulfide) groups is 1. The zero-order valence-electron chi connectivity index (χ0n) is 18.4. The summed E-state index contributed by atoms with van der Waals surface area (Å²) in [6.45, 7) is 7.98. The summed E-state index contributed by atoms with van der Waals surface area (Å²) in [5.74, 6) is 0.832. The van der Waals surface area contributed by atoms with Crippen molar-refractivity contribution in [1.29, 1.82) is 0 Å². The van der Waals surface area contributed by atoms with Crippen LogP contribution in [0.5, 0.6) is 5.75 Å². The van der Waals surface area contributed by atoms with E-state index in [9.17, 15) is 9.59 Å². The summed E-state index contributed by atoms with van der Waals surface area (Å²) < 4.78 is 16.4. The number of carbonyl (C=O) groups is 2. The van der Waals surface area contributed by atoms with Gasteiger partial charge in [-0.3, -0.25) is 4.79 Å². The zero-order valence-corrected chi connectivity index (χ0v) is 20.0. The number of ether oxygens (including phenoxy) is 3. The summed E-state index contributed by atoms with van der Waals surface area (Å²) >= 11 is 7.50. The fraction of sp³-hybridized carbons (Fsp3) is 0.360. The molecule has 0 amide bonds. The third kappa shape index (κ3) is 9.79. The van der Waals surface area contributed by atoms with Crippen molar-refractivity contribution in [2.45, 2.75) is 43.6 Å². The third-order valence-corrected chi connectivity index (χ3v) is 5.86. The van der Waals surface area contributed by atoms with E-state index in [4.69, 9.17) is 25.8 Å². The van der Waals surface area contributed by atoms with Gasteiger partial charge in [0.25, 0.3) is 0 Å². The van der Waals surface area contributed by atoms with Crippen molar-refractivity contribution in [3.05, 3.63) is 71.8 Å². The van der Waals surface area contributed by atoms with E-state index in [2.05, 4.69) is 20.4 Å². The summed E-state index contributed by atoms with van der Waals surface area (Å²) in [6.07, 6.45) is 1.18. The first kappa shape index (κ1) is 25.8. The summed E-state index contributed by atoms with van der Waals surface area (Å²) in [7, 11) is 0. The smallest absolute Gasteiger partial charge is 0.330 e. The van der Waals surface area contributed by atoms with Gasteiger partial charge in [0, 0.05) is 28.2 Å². The minimum absolute atomic E-state index is 0.142. The van der Waals surface area contributed by atoms with E-state index < -0.39 is 12.1 Å². The van der Waals surface area contributed by atoms with Crippen LogP contribution in [-0.4, -0.2) is 37.0 Å². The van der Waals surface area contributed by atoms with Crippen molar-refractivity contribution >= 4 is 35.3 Å². The maximum absolute atomic E-state index is 12.3. The van der Waals surface area contributed by atoms with Crippen LogP contribution in [0.4, 0.5) is 0 Å². The molecular formula is C25H29ClO5S. The van der Waals surface area contributed by atoms with Crippen LogP contribution in [-0.2, 0) is 19.1 Å². The summed E-state index contributed by atoms with van der Waals surface area (Å²) in [5.41, 5.74) is 1.23. The van der Waals surface area contributed by atoms with Gasteiger partial charge in [0.05, 0.1) is 6.61 Å². The van der Waals surface area contributed by atoms with Gasteiger partial charge >= 0.3 is 11.9 Å². The molecule has 0 spiro atoms. The van der Waals surface area contributed by atoms with Crippen molar-refractivity contribution < 1.29 is 23.8 Å². The fourth-order valence-electron chi connectivity index (χ4n) is 2.67. The predicted molar refractivity (Wildman–Crippen MR) is 128 cm³/mol. The largest absolute Gasteiger partial charge is 0.490 e. The highest BCUT2D eigenvalue weighted by Crippen LogP contribution is 2.23. The average Bonchev–Trinajstić information content (AvgIpc) is 2.79. The Bertz CT molecular complexity index is 865. The molecule has 0 fully saturated rings. The van der Waals surface area contributed by atoms with Gasteiger partial charge in [-0.1, -0.05) is 44.2 Å². The van der Waals surface area contributed by atoms with E-state index in [0.29, 0.717) is 23.1 Å². The number of hydrogen-bond donors (Lipinski definition) is 0. The van der Waals surface area contributed by atoms with Gasteiger partial charge in [-0.25, -0.2) is 4.79 Å². The molecule has 0 radical (unpaired) electrons. The van der Waals surface area contributed by atoms with Gasteiger partial charge in [0.2, 0.25) is 0 Å². The molecule has 0 saturated heterocycles. The molecule has 2 rings (SSSR count). The van der Waals surface area contributed by atoms with Crippen molar-refractivity contribution in [3.8, 4) is 5.75 Å². The van der Waals surface area contributed by atoms with Crippen LogP contribution in [0.3, 0.4) is 0 Å². The van der Waals surface area contributed by atoms with Crippen LogP contribution in [0.1, 0.15) is 38.2 Å². The maximum atomic E-state index is 12.3. The third-order valence-electron chi connectivity index (χ3n) is 4.47. The van der Waals surface area contributed by atoms with Crippen LogP contribution >= 0.6 is 23.4 Å². The number of esters is 2. The van der Waals surface area contributed by atoms with E-state index in [0.717, 1.165) is 16.7 Å². The van der Waals surface area contributed by atoms with E-state index >= 15 is 0 Å². The minimum Gasteiger partial charge on any atom is -0.490 e. The van der Waals surface area contributed by atoms with Gasteiger partial charge in [0.15, 0.2) is 0 Å². The van der Waals surface area contributed by atoms with Crippen molar-refractivity contribution in [1.82, 2.24) is 0 Å². The van der Waals surface area contributed by atoms with Gasteiger partial charge in [-0.05, 0) is 54.3 Å². The molecule has 0 aliphatic carbocycles. The molecular weight excluding hydrogens is 448 g/mol. The molecule has 0 aliphatic heterocycles. The van der Waals surface area contributed by atoms with Crippen LogP contribution in [0.2, 0.25) is 5.02 Å². The van der Waals surface area contributed by atoms with Crippen molar-refractivity contribution in [2.75, 3.05) is 19.0 Å². The lowest BCUT2D eigenvalue weighted by molar-refractivity contribution is -0.150. The van der Waals surface area contributed by atoms with Crippen LogP contribution in [0, 0.1) is 0 Å². The maximum Gasteiger partial charge on any atom is 0.330 e. The Morgan fingerprint density at radius 3 is 2.41 bits per heavy atom. The standard InChI is InChI=1S/C25H29ClO5S/c1-4-24(27)29-15-5-6-25(28)31-22(17-32-23-13-9-20(26)10-14-23)16-30-21-11-7-19(8-12-21)18(2)3/h4,7-14,18,22H,1,5-6,15-17H2,2-3H3. The second-order valence-corrected chi connectivity index (χ2v) is 8.92. The molecule has 0 N–H and O–H groups in total. The molecule has 0 aliphatic rings. The zero-order chi connectivity index (χ0) is 23.3. The summed E-state index contributed by atoms with van der Waals surface area (Å²) in [4.78, 5) is 24.4. The van der Waals surface area contributed by atoms with E-state index in [1.807, 2.05) is 48.5 Å². The minimum atomic E-state index is -0.507. The Balaban J connectivity index is 1.90. The lowest BCUT2D eigenvalue weighted by Gasteiger charge is -2.19. The average molecular weight is 477 g/mol. The summed E-state index contributed by atoms with van der Waals surface area (Å²) in [5, 5.41) is 0.669. The predicted octanol–water partition coefficient (Wildman–Crippen LogP) is 6.06. The lowest BCUT2D eigenvalue weighted by atomic mass is 10.0. The number of rotatable bonds is 13. The monoisotopic (exact) mass is 476 g/mol. The number of hydrogen-bond acceptors (Lipinski definition) is 6. The molecule has 0 saturated carbocycles. The van der Waals surface area contributed by atoms with Crippen molar-refractivity contribution in [2.24, 2.45) is 0 Å². The SMILES string of the molecule is C=CC(=O)OCCCC(=O)OC(COc1ccc(C(C)C)cc1)CSc1ccc(Cl)cc1. The highest BCUT2D eigenvalue weighted by atomic mass is 35.5. The first-order valence-electron chi connectivity index (χ1n) is 10.5. The normalized spacial score (nSPS) is 11.6. The Labute approximate surface area is 199 Å². The number of benzene rings is 2. The first-order chi connectivity index (χ1) is 15.4. The Morgan fingerprint density at radius 2 is 1.78 bits per heavy atom.